The number of aromatic nitrogens is 1. The summed E-state index contributed by atoms with van der Waals surface area (Å²) in [4.78, 5) is 16.0. The summed E-state index contributed by atoms with van der Waals surface area (Å²) in [5.74, 6) is 1.34. The van der Waals surface area contributed by atoms with Crippen molar-refractivity contribution in [3.8, 4) is 22.9 Å². The molecule has 1 saturated carbocycles. The van der Waals surface area contributed by atoms with Crippen LogP contribution in [0.3, 0.4) is 0 Å². The molecule has 5 heteroatoms. The van der Waals surface area contributed by atoms with Crippen LogP contribution in [0.25, 0.3) is 11.3 Å². The molecule has 5 nitrogen and oxygen atoms in total. The highest BCUT2D eigenvalue weighted by atomic mass is 16.5. The van der Waals surface area contributed by atoms with Crippen LogP contribution < -0.4 is 9.47 Å². The molecular formula is C22H27NO4. The molecule has 0 radical (unpaired) electrons. The molecule has 1 aromatic carbocycles. The second-order valence-corrected chi connectivity index (χ2v) is 6.77. The lowest BCUT2D eigenvalue weighted by atomic mass is 9.96. The Morgan fingerprint density at radius 3 is 2.78 bits per heavy atom. The highest BCUT2D eigenvalue weighted by molar-refractivity contribution is 5.69. The zero-order chi connectivity index (χ0) is 19.1. The van der Waals surface area contributed by atoms with E-state index in [1.54, 1.807) is 0 Å². The van der Waals surface area contributed by atoms with Gasteiger partial charge in [-0.05, 0) is 69.4 Å². The summed E-state index contributed by atoms with van der Waals surface area (Å²) in [6.07, 6.45) is 4.82. The van der Waals surface area contributed by atoms with Crippen molar-refractivity contribution in [3.63, 3.8) is 0 Å². The van der Waals surface area contributed by atoms with Gasteiger partial charge in [0.05, 0.1) is 18.9 Å². The van der Waals surface area contributed by atoms with Crippen molar-refractivity contribution in [3.05, 3.63) is 42.0 Å². The van der Waals surface area contributed by atoms with Crippen LogP contribution >= 0.6 is 0 Å². The molecule has 0 N–H and O–H groups in total. The van der Waals surface area contributed by atoms with E-state index in [2.05, 4.69) is 11.1 Å². The van der Waals surface area contributed by atoms with Crippen molar-refractivity contribution >= 4 is 5.97 Å². The SMILES string of the molecule is CCOC(=O)CCCOc1ccc(-c2cccc(OC3CCC3)n2)cc1C. The van der Waals surface area contributed by atoms with Crippen molar-refractivity contribution in [2.45, 2.75) is 52.1 Å². The lowest BCUT2D eigenvalue weighted by Gasteiger charge is -2.25. The number of carbonyl (C=O) groups is 1. The number of aryl methyl sites for hydroxylation is 1. The van der Waals surface area contributed by atoms with E-state index in [-0.39, 0.29) is 5.97 Å². The highest BCUT2D eigenvalue weighted by Crippen LogP contribution is 2.28. The number of nitrogens with zero attached hydrogens (tertiary/aromatic N) is 1. The summed E-state index contributed by atoms with van der Waals surface area (Å²) < 4.78 is 16.6. The van der Waals surface area contributed by atoms with E-state index in [1.807, 2.05) is 44.2 Å². The minimum absolute atomic E-state index is 0.178. The summed E-state index contributed by atoms with van der Waals surface area (Å²) >= 11 is 0. The Balaban J connectivity index is 1.57. The molecule has 0 bridgehead atoms. The molecule has 0 saturated heterocycles. The lowest BCUT2D eigenvalue weighted by Crippen LogP contribution is -2.24. The summed E-state index contributed by atoms with van der Waals surface area (Å²) in [5.41, 5.74) is 2.96. The first kappa shape index (κ1) is 19.2. The lowest BCUT2D eigenvalue weighted by molar-refractivity contribution is -0.143. The van der Waals surface area contributed by atoms with Gasteiger partial charge in [-0.1, -0.05) is 6.07 Å². The van der Waals surface area contributed by atoms with Gasteiger partial charge in [-0.15, -0.1) is 0 Å². The van der Waals surface area contributed by atoms with Crippen LogP contribution in [0.1, 0.15) is 44.6 Å². The quantitative estimate of drug-likeness (QED) is 0.473. The van der Waals surface area contributed by atoms with E-state index in [1.165, 1.54) is 6.42 Å². The molecule has 1 aromatic heterocycles. The number of rotatable bonds is 9. The normalized spacial score (nSPS) is 13.7. The van der Waals surface area contributed by atoms with Crippen LogP contribution in [0.5, 0.6) is 11.6 Å². The molecule has 144 valence electrons. The molecule has 0 amide bonds. The number of pyridine rings is 1. The van der Waals surface area contributed by atoms with Crippen molar-refractivity contribution in [1.82, 2.24) is 4.98 Å². The Labute approximate surface area is 160 Å². The van der Waals surface area contributed by atoms with Gasteiger partial charge in [0, 0.05) is 18.1 Å². The zero-order valence-corrected chi connectivity index (χ0v) is 16.1. The third kappa shape index (κ3) is 5.46. The summed E-state index contributed by atoms with van der Waals surface area (Å²) in [6, 6.07) is 11.9. The van der Waals surface area contributed by atoms with E-state index in [9.17, 15) is 4.79 Å². The maximum atomic E-state index is 11.3. The first-order valence-corrected chi connectivity index (χ1v) is 9.69. The molecule has 1 fully saturated rings. The summed E-state index contributed by atoms with van der Waals surface area (Å²) in [5, 5.41) is 0. The smallest absolute Gasteiger partial charge is 0.305 e. The number of benzene rings is 1. The summed E-state index contributed by atoms with van der Waals surface area (Å²) in [7, 11) is 0. The van der Waals surface area contributed by atoms with Crippen LogP contribution in [0.2, 0.25) is 0 Å². The maximum absolute atomic E-state index is 11.3. The van der Waals surface area contributed by atoms with Crippen LogP contribution in [0.15, 0.2) is 36.4 Å². The van der Waals surface area contributed by atoms with Gasteiger partial charge < -0.3 is 14.2 Å². The van der Waals surface area contributed by atoms with Gasteiger partial charge in [-0.25, -0.2) is 4.98 Å². The monoisotopic (exact) mass is 369 g/mol. The average molecular weight is 369 g/mol. The minimum atomic E-state index is -0.178. The predicted octanol–water partition coefficient (Wildman–Crippen LogP) is 4.71. The molecule has 0 spiro atoms. The third-order valence-electron chi connectivity index (χ3n) is 4.62. The first-order valence-electron chi connectivity index (χ1n) is 9.69. The Morgan fingerprint density at radius 2 is 2.07 bits per heavy atom. The van der Waals surface area contributed by atoms with Crippen molar-refractivity contribution in [2.75, 3.05) is 13.2 Å². The van der Waals surface area contributed by atoms with Gasteiger partial charge in [0.25, 0.3) is 0 Å². The van der Waals surface area contributed by atoms with E-state index in [4.69, 9.17) is 14.2 Å². The van der Waals surface area contributed by atoms with Crippen molar-refractivity contribution < 1.29 is 19.0 Å². The fourth-order valence-corrected chi connectivity index (χ4v) is 2.90. The van der Waals surface area contributed by atoms with E-state index in [0.29, 0.717) is 38.0 Å². The Kier molecular flexibility index (Phi) is 6.69. The molecule has 27 heavy (non-hydrogen) atoms. The molecule has 0 unspecified atom stereocenters. The van der Waals surface area contributed by atoms with Gasteiger partial charge in [-0.3, -0.25) is 4.79 Å². The topological polar surface area (TPSA) is 57.7 Å². The summed E-state index contributed by atoms with van der Waals surface area (Å²) in [6.45, 7) is 4.73. The average Bonchev–Trinajstić information content (AvgIpc) is 2.63. The van der Waals surface area contributed by atoms with Gasteiger partial charge in [0.15, 0.2) is 0 Å². The van der Waals surface area contributed by atoms with Crippen LogP contribution in [0, 0.1) is 6.92 Å². The number of esters is 1. The van der Waals surface area contributed by atoms with E-state index >= 15 is 0 Å². The number of hydrogen-bond acceptors (Lipinski definition) is 5. The minimum Gasteiger partial charge on any atom is -0.493 e. The maximum Gasteiger partial charge on any atom is 0.305 e. The molecule has 1 aliphatic rings. The van der Waals surface area contributed by atoms with Gasteiger partial charge in [0.2, 0.25) is 5.88 Å². The Hall–Kier alpha value is -2.56. The number of carbonyl (C=O) groups excluding carboxylic acids is 1. The Morgan fingerprint density at radius 1 is 1.22 bits per heavy atom. The number of ether oxygens (including phenoxy) is 3. The van der Waals surface area contributed by atoms with Crippen LogP contribution in [-0.4, -0.2) is 30.3 Å². The van der Waals surface area contributed by atoms with Gasteiger partial charge in [-0.2, -0.15) is 0 Å². The van der Waals surface area contributed by atoms with Gasteiger partial charge in [0.1, 0.15) is 11.9 Å². The van der Waals surface area contributed by atoms with Gasteiger partial charge >= 0.3 is 5.97 Å². The number of hydrogen-bond donors (Lipinski definition) is 0. The largest absolute Gasteiger partial charge is 0.493 e. The van der Waals surface area contributed by atoms with Crippen LogP contribution in [-0.2, 0) is 9.53 Å². The third-order valence-corrected chi connectivity index (χ3v) is 4.62. The molecule has 0 aliphatic heterocycles. The zero-order valence-electron chi connectivity index (χ0n) is 16.1. The fourth-order valence-electron chi connectivity index (χ4n) is 2.90. The second kappa shape index (κ2) is 9.40. The molecule has 2 aromatic rings. The Bertz CT molecular complexity index is 771. The molecule has 1 aliphatic carbocycles. The molecule has 3 rings (SSSR count). The molecule has 0 atom stereocenters. The molecular weight excluding hydrogens is 342 g/mol. The second-order valence-electron chi connectivity index (χ2n) is 6.77. The first-order chi connectivity index (χ1) is 13.2. The van der Waals surface area contributed by atoms with Crippen molar-refractivity contribution in [1.29, 1.82) is 0 Å². The van der Waals surface area contributed by atoms with Crippen LogP contribution in [0.4, 0.5) is 0 Å². The fraction of sp³-hybridized carbons (Fsp3) is 0.455. The van der Waals surface area contributed by atoms with Crippen molar-refractivity contribution in [2.24, 2.45) is 0 Å². The predicted molar refractivity (Wildman–Crippen MR) is 104 cm³/mol. The highest BCUT2D eigenvalue weighted by Gasteiger charge is 2.19. The van der Waals surface area contributed by atoms with E-state index < -0.39 is 0 Å². The molecule has 1 heterocycles. The van der Waals surface area contributed by atoms with E-state index in [0.717, 1.165) is 35.4 Å². The standard InChI is InChI=1S/C22H27NO4/c1-3-25-22(24)11-6-14-26-20-13-12-17(15-16(20)2)19-9-5-10-21(23-19)27-18-7-4-8-18/h5,9-10,12-13,15,18H,3-4,6-8,11,14H2,1-2H3.